The summed E-state index contributed by atoms with van der Waals surface area (Å²) >= 11 is 7.26. The molecule has 0 radical (unpaired) electrons. The second-order valence-corrected chi connectivity index (χ2v) is 12.4. The Morgan fingerprint density at radius 1 is 1.11 bits per heavy atom. The molecule has 0 saturated carbocycles. The summed E-state index contributed by atoms with van der Waals surface area (Å²) in [7, 11) is -2.46. The van der Waals surface area contributed by atoms with E-state index in [-0.39, 0.29) is 31.2 Å². The molecule has 1 unspecified atom stereocenters. The van der Waals surface area contributed by atoms with Crippen molar-refractivity contribution in [1.82, 2.24) is 10.4 Å². The third-order valence-corrected chi connectivity index (χ3v) is 10.6. The lowest BCUT2D eigenvalue weighted by Crippen LogP contribution is -2.41. The fourth-order valence-corrected chi connectivity index (χ4v) is 8.15. The monoisotopic (exact) mass is 548 g/mol. The molecule has 2 N–H and O–H groups in total. The van der Waals surface area contributed by atoms with Crippen LogP contribution in [0.3, 0.4) is 0 Å². The first-order chi connectivity index (χ1) is 17.2. The first kappa shape index (κ1) is 26.2. The van der Waals surface area contributed by atoms with Gasteiger partial charge >= 0.3 is 0 Å². The highest BCUT2D eigenvalue weighted by Gasteiger charge is 2.50. The van der Waals surface area contributed by atoms with Gasteiger partial charge < -0.3 is 9.64 Å². The van der Waals surface area contributed by atoms with E-state index in [9.17, 15) is 23.2 Å². The predicted octanol–water partition coefficient (Wildman–Crippen LogP) is 4.13. The molecule has 3 aromatic rings. The highest BCUT2D eigenvalue weighted by Crippen LogP contribution is 2.45. The molecule has 1 fully saturated rings. The highest BCUT2D eigenvalue weighted by molar-refractivity contribution is 7.92. The Balaban J connectivity index is 1.72. The number of rotatable bonds is 6. The maximum absolute atomic E-state index is 13.8. The number of benzene rings is 2. The number of carbonyl (C=O) groups is 2. The van der Waals surface area contributed by atoms with E-state index in [0.29, 0.717) is 21.2 Å². The lowest BCUT2D eigenvalue weighted by Gasteiger charge is -2.30. The van der Waals surface area contributed by atoms with Gasteiger partial charge in [0.15, 0.2) is 9.84 Å². The number of hydroxylamine groups is 1. The number of ether oxygens (including phenoxy) is 1. The Hall–Kier alpha value is -2.92. The second kappa shape index (κ2) is 10.6. The average Bonchev–Trinajstić information content (AvgIpc) is 3.33. The molecule has 2 amide bonds. The molecule has 1 saturated heterocycles. The molecule has 36 heavy (non-hydrogen) atoms. The zero-order valence-corrected chi connectivity index (χ0v) is 21.8. The van der Waals surface area contributed by atoms with Crippen LogP contribution in [0.4, 0.5) is 0 Å². The van der Waals surface area contributed by atoms with Crippen molar-refractivity contribution >= 4 is 44.6 Å². The van der Waals surface area contributed by atoms with Crippen molar-refractivity contribution in [2.24, 2.45) is 0 Å². The van der Waals surface area contributed by atoms with Crippen molar-refractivity contribution in [3.05, 3.63) is 76.1 Å². The molecule has 2 aromatic carbocycles. The van der Waals surface area contributed by atoms with E-state index < -0.39 is 26.9 Å². The Bertz CT molecular complexity index is 1370. The van der Waals surface area contributed by atoms with Crippen LogP contribution in [-0.4, -0.2) is 56.3 Å². The van der Waals surface area contributed by atoms with E-state index in [1.807, 2.05) is 12.1 Å². The summed E-state index contributed by atoms with van der Waals surface area (Å²) in [4.78, 5) is 28.4. The van der Waals surface area contributed by atoms with Crippen LogP contribution < -0.4 is 10.2 Å². The first-order valence-corrected chi connectivity index (χ1v) is 14.0. The van der Waals surface area contributed by atoms with Gasteiger partial charge in [-0.2, -0.15) is 0 Å². The van der Waals surface area contributed by atoms with Crippen molar-refractivity contribution in [3.63, 3.8) is 0 Å². The topological polar surface area (TPSA) is 113 Å². The van der Waals surface area contributed by atoms with Crippen molar-refractivity contribution < 1.29 is 28.0 Å². The zero-order valence-electron chi connectivity index (χ0n) is 19.4. The third kappa shape index (κ3) is 4.99. The number of para-hydroxylation sites is 1. The number of sulfone groups is 1. The van der Waals surface area contributed by atoms with E-state index >= 15 is 0 Å². The van der Waals surface area contributed by atoms with Gasteiger partial charge in [-0.1, -0.05) is 35.9 Å². The number of nitrogens with zero attached hydrogens (tertiary/aromatic N) is 1. The lowest BCUT2D eigenvalue weighted by molar-refractivity contribution is -0.129. The summed E-state index contributed by atoms with van der Waals surface area (Å²) in [6, 6.07) is 17.4. The van der Waals surface area contributed by atoms with Gasteiger partial charge in [0, 0.05) is 27.9 Å². The van der Waals surface area contributed by atoms with Gasteiger partial charge in [-0.25, -0.2) is 13.9 Å². The van der Waals surface area contributed by atoms with Crippen LogP contribution in [0.1, 0.15) is 28.1 Å². The van der Waals surface area contributed by atoms with Crippen molar-refractivity contribution in [3.8, 4) is 16.2 Å². The van der Waals surface area contributed by atoms with Crippen LogP contribution in [0, 0.1) is 0 Å². The van der Waals surface area contributed by atoms with Crippen LogP contribution >= 0.6 is 22.9 Å². The van der Waals surface area contributed by atoms with E-state index in [4.69, 9.17) is 16.3 Å². The van der Waals surface area contributed by atoms with Gasteiger partial charge in [0.1, 0.15) is 10.5 Å². The number of amides is 2. The molecule has 4 rings (SSSR count). The molecular weight excluding hydrogens is 524 g/mol. The van der Waals surface area contributed by atoms with Crippen LogP contribution in [-0.2, 0) is 19.4 Å². The summed E-state index contributed by atoms with van der Waals surface area (Å²) in [5.74, 6) is -1.10. The van der Waals surface area contributed by atoms with Gasteiger partial charge in [0.25, 0.3) is 5.91 Å². The Labute approximate surface area is 218 Å². The smallest absolute Gasteiger partial charge is 0.257 e. The molecule has 190 valence electrons. The van der Waals surface area contributed by atoms with Crippen molar-refractivity contribution in [2.75, 3.05) is 26.0 Å². The number of nitrogens with one attached hydrogen (secondary N) is 1. The van der Waals surface area contributed by atoms with Gasteiger partial charge in [0.2, 0.25) is 5.91 Å². The molecule has 1 aromatic heterocycles. The van der Waals surface area contributed by atoms with E-state index in [0.717, 1.165) is 10.4 Å². The quantitative estimate of drug-likeness (QED) is 0.354. The van der Waals surface area contributed by atoms with E-state index in [1.165, 1.54) is 23.3 Å². The fourth-order valence-electron chi connectivity index (χ4n) is 4.42. The summed E-state index contributed by atoms with van der Waals surface area (Å²) in [6.45, 7) is 0.0696. The predicted molar refractivity (Wildman–Crippen MR) is 138 cm³/mol. The van der Waals surface area contributed by atoms with Gasteiger partial charge in [-0.05, 0) is 48.4 Å². The molecule has 0 bridgehead atoms. The van der Waals surface area contributed by atoms with Crippen LogP contribution in [0.2, 0.25) is 5.02 Å². The van der Waals surface area contributed by atoms with E-state index in [1.54, 1.807) is 54.0 Å². The SMILES string of the molecule is COc1ccccc1C(=O)N1CCC(CC(=O)NO)(c2ccc(-c3ccc(Cl)cc3)s2)S(=O)(=O)CC1. The Morgan fingerprint density at radius 2 is 1.83 bits per heavy atom. The summed E-state index contributed by atoms with van der Waals surface area (Å²) in [5.41, 5.74) is 2.76. The molecule has 11 heteroatoms. The standard InChI is InChI=1S/C25H25ClN2O6S2/c1-34-20-5-3-2-4-19(20)24(30)28-13-12-25(16-23(29)27-31,36(32,33)15-14-28)22-11-10-21(35-22)17-6-8-18(26)9-7-17/h2-11,31H,12-16H2,1H3,(H,27,29). The van der Waals surface area contributed by atoms with Gasteiger partial charge in [0.05, 0.1) is 24.8 Å². The molecule has 2 heterocycles. The number of hydrogen-bond donors (Lipinski definition) is 2. The minimum atomic E-state index is -3.93. The Morgan fingerprint density at radius 3 is 2.53 bits per heavy atom. The van der Waals surface area contributed by atoms with Crippen LogP contribution in [0.15, 0.2) is 60.7 Å². The number of carbonyl (C=O) groups excluding carboxylic acids is 2. The average molecular weight is 549 g/mol. The second-order valence-electron chi connectivity index (χ2n) is 8.44. The first-order valence-electron chi connectivity index (χ1n) is 11.1. The lowest BCUT2D eigenvalue weighted by atomic mass is 9.97. The third-order valence-electron chi connectivity index (χ3n) is 6.39. The molecule has 1 atom stereocenters. The summed E-state index contributed by atoms with van der Waals surface area (Å²) < 4.78 is 31.2. The minimum Gasteiger partial charge on any atom is -0.496 e. The molecule has 0 spiro atoms. The van der Waals surface area contributed by atoms with Crippen LogP contribution in [0.25, 0.3) is 10.4 Å². The molecule has 1 aliphatic rings. The molecule has 1 aliphatic heterocycles. The normalized spacial score (nSPS) is 19.4. The number of thiophene rings is 1. The molecular formula is C25H25ClN2O6S2. The summed E-state index contributed by atoms with van der Waals surface area (Å²) in [6.07, 6.45) is -0.479. The number of hydrogen-bond acceptors (Lipinski definition) is 7. The van der Waals surface area contributed by atoms with Crippen LogP contribution in [0.5, 0.6) is 5.75 Å². The maximum atomic E-state index is 13.8. The Kier molecular flexibility index (Phi) is 7.70. The van der Waals surface area contributed by atoms with Crippen molar-refractivity contribution in [1.29, 1.82) is 0 Å². The molecule has 8 nitrogen and oxygen atoms in total. The highest BCUT2D eigenvalue weighted by atomic mass is 35.5. The number of methoxy groups -OCH3 is 1. The minimum absolute atomic E-state index is 0.00971. The zero-order chi connectivity index (χ0) is 25.9. The largest absolute Gasteiger partial charge is 0.496 e. The van der Waals surface area contributed by atoms with Gasteiger partial charge in [-0.3, -0.25) is 14.8 Å². The van der Waals surface area contributed by atoms with Gasteiger partial charge in [-0.15, -0.1) is 11.3 Å². The summed E-state index contributed by atoms with van der Waals surface area (Å²) in [5, 5.41) is 9.82. The molecule has 0 aliphatic carbocycles. The van der Waals surface area contributed by atoms with Crippen molar-refractivity contribution in [2.45, 2.75) is 17.6 Å². The van der Waals surface area contributed by atoms with E-state index in [2.05, 4.69) is 0 Å². The number of halogens is 1. The maximum Gasteiger partial charge on any atom is 0.257 e. The fraction of sp³-hybridized carbons (Fsp3) is 0.280.